The van der Waals surface area contributed by atoms with E-state index in [1.807, 2.05) is 12.1 Å². The van der Waals surface area contributed by atoms with Crippen LogP contribution in [0.1, 0.15) is 33.1 Å². The Labute approximate surface area is 110 Å². The predicted octanol–water partition coefficient (Wildman–Crippen LogP) is 4.60. The molecule has 17 heavy (non-hydrogen) atoms. The first-order chi connectivity index (χ1) is 8.15. The van der Waals surface area contributed by atoms with Crippen molar-refractivity contribution in [3.8, 4) is 0 Å². The van der Waals surface area contributed by atoms with E-state index < -0.39 is 0 Å². The molecule has 1 heterocycles. The molecule has 94 valence electrons. The molecule has 1 aromatic carbocycles. The van der Waals surface area contributed by atoms with Gasteiger partial charge in [-0.3, -0.25) is 0 Å². The Hall–Kier alpha value is -0.690. The zero-order valence-corrected chi connectivity index (χ0v) is 11.6. The molecule has 0 bridgehead atoms. The van der Waals surface area contributed by atoms with Gasteiger partial charge in [0.15, 0.2) is 0 Å². The monoisotopic (exact) mass is 251 g/mol. The molecule has 1 saturated heterocycles. The molecule has 0 saturated carbocycles. The molecule has 1 nitrogen and oxygen atoms in total. The van der Waals surface area contributed by atoms with Gasteiger partial charge in [0.1, 0.15) is 0 Å². The standard InChI is InChI=1S/C15H22ClN/c1-12(2)10-13-6-8-17(9-7-13)15-5-3-4-14(16)11-15/h3-5,11-13H,6-10H2,1-2H3. The lowest BCUT2D eigenvalue weighted by Crippen LogP contribution is -2.33. The molecule has 2 rings (SSSR count). The second kappa shape index (κ2) is 5.77. The first-order valence-electron chi connectivity index (χ1n) is 6.65. The van der Waals surface area contributed by atoms with Crippen molar-refractivity contribution in [2.75, 3.05) is 18.0 Å². The van der Waals surface area contributed by atoms with Gasteiger partial charge in [0.25, 0.3) is 0 Å². The molecular weight excluding hydrogens is 230 g/mol. The summed E-state index contributed by atoms with van der Waals surface area (Å²) in [5.74, 6) is 1.75. The number of hydrogen-bond acceptors (Lipinski definition) is 1. The molecule has 0 amide bonds. The van der Waals surface area contributed by atoms with Crippen molar-refractivity contribution < 1.29 is 0 Å². The maximum absolute atomic E-state index is 6.03. The smallest absolute Gasteiger partial charge is 0.0426 e. The van der Waals surface area contributed by atoms with Crippen LogP contribution < -0.4 is 4.90 Å². The van der Waals surface area contributed by atoms with Crippen molar-refractivity contribution in [3.63, 3.8) is 0 Å². The summed E-state index contributed by atoms with van der Waals surface area (Å²) in [6.45, 7) is 7.00. The lowest BCUT2D eigenvalue weighted by molar-refractivity contribution is 0.338. The van der Waals surface area contributed by atoms with E-state index in [1.165, 1.54) is 38.0 Å². The first-order valence-corrected chi connectivity index (χ1v) is 7.03. The minimum atomic E-state index is 0.831. The lowest BCUT2D eigenvalue weighted by Gasteiger charge is -2.34. The number of anilines is 1. The van der Waals surface area contributed by atoms with Crippen LogP contribution in [0.3, 0.4) is 0 Å². The van der Waals surface area contributed by atoms with Crippen LogP contribution in [-0.4, -0.2) is 13.1 Å². The molecule has 1 fully saturated rings. The van der Waals surface area contributed by atoms with Gasteiger partial charge in [-0.1, -0.05) is 31.5 Å². The molecule has 2 heteroatoms. The van der Waals surface area contributed by atoms with Gasteiger partial charge in [-0.05, 0) is 49.3 Å². The maximum Gasteiger partial charge on any atom is 0.0426 e. The quantitative estimate of drug-likeness (QED) is 0.759. The minimum absolute atomic E-state index is 0.831. The molecule has 0 atom stereocenters. The molecular formula is C15H22ClN. The Kier molecular flexibility index (Phi) is 4.33. The molecule has 0 aromatic heterocycles. The second-order valence-corrected chi connectivity index (χ2v) is 5.98. The average Bonchev–Trinajstić information content (AvgIpc) is 2.29. The third-order valence-electron chi connectivity index (χ3n) is 3.59. The van der Waals surface area contributed by atoms with Gasteiger partial charge in [0.2, 0.25) is 0 Å². The normalized spacial score (nSPS) is 17.8. The summed E-state index contributed by atoms with van der Waals surface area (Å²) in [5, 5.41) is 0.840. The third-order valence-corrected chi connectivity index (χ3v) is 3.83. The van der Waals surface area contributed by atoms with Crippen LogP contribution in [0.2, 0.25) is 5.02 Å². The maximum atomic E-state index is 6.03. The van der Waals surface area contributed by atoms with Crippen LogP contribution in [0.15, 0.2) is 24.3 Å². The SMILES string of the molecule is CC(C)CC1CCN(c2cccc(Cl)c2)CC1. The summed E-state index contributed by atoms with van der Waals surface area (Å²) in [6.07, 6.45) is 4.03. The largest absolute Gasteiger partial charge is 0.371 e. The van der Waals surface area contributed by atoms with E-state index in [0.717, 1.165) is 16.9 Å². The molecule has 0 N–H and O–H groups in total. The van der Waals surface area contributed by atoms with Gasteiger partial charge < -0.3 is 4.90 Å². The average molecular weight is 252 g/mol. The molecule has 0 unspecified atom stereocenters. The Morgan fingerprint density at radius 2 is 2.00 bits per heavy atom. The summed E-state index contributed by atoms with van der Waals surface area (Å²) in [7, 11) is 0. The Morgan fingerprint density at radius 1 is 1.29 bits per heavy atom. The van der Waals surface area contributed by atoms with Crippen LogP contribution in [-0.2, 0) is 0 Å². The Balaban J connectivity index is 1.91. The van der Waals surface area contributed by atoms with Gasteiger partial charge in [-0.2, -0.15) is 0 Å². The van der Waals surface area contributed by atoms with Crippen LogP contribution in [0, 0.1) is 11.8 Å². The number of hydrogen-bond donors (Lipinski definition) is 0. The van der Waals surface area contributed by atoms with Crippen LogP contribution in [0.25, 0.3) is 0 Å². The highest BCUT2D eigenvalue weighted by atomic mass is 35.5. The molecule has 1 aliphatic heterocycles. The van der Waals surface area contributed by atoms with Gasteiger partial charge >= 0.3 is 0 Å². The van der Waals surface area contributed by atoms with Gasteiger partial charge in [0.05, 0.1) is 0 Å². The number of rotatable bonds is 3. The topological polar surface area (TPSA) is 3.24 Å². The number of halogens is 1. The van der Waals surface area contributed by atoms with E-state index >= 15 is 0 Å². The zero-order valence-electron chi connectivity index (χ0n) is 10.8. The second-order valence-electron chi connectivity index (χ2n) is 5.54. The summed E-state index contributed by atoms with van der Waals surface area (Å²) in [5.41, 5.74) is 1.28. The van der Waals surface area contributed by atoms with Crippen molar-refractivity contribution in [1.82, 2.24) is 0 Å². The van der Waals surface area contributed by atoms with E-state index in [-0.39, 0.29) is 0 Å². The van der Waals surface area contributed by atoms with Gasteiger partial charge in [0, 0.05) is 23.8 Å². The van der Waals surface area contributed by atoms with Crippen molar-refractivity contribution in [2.24, 2.45) is 11.8 Å². The predicted molar refractivity (Wildman–Crippen MR) is 75.8 cm³/mol. The number of piperidine rings is 1. The fourth-order valence-electron chi connectivity index (χ4n) is 2.77. The molecule has 1 aromatic rings. The van der Waals surface area contributed by atoms with Crippen molar-refractivity contribution in [1.29, 1.82) is 0 Å². The molecule has 0 aliphatic carbocycles. The highest BCUT2D eigenvalue weighted by Crippen LogP contribution is 2.28. The highest BCUT2D eigenvalue weighted by molar-refractivity contribution is 6.30. The van der Waals surface area contributed by atoms with Gasteiger partial charge in [-0.15, -0.1) is 0 Å². The highest BCUT2D eigenvalue weighted by Gasteiger charge is 2.20. The lowest BCUT2D eigenvalue weighted by atomic mass is 9.88. The van der Waals surface area contributed by atoms with E-state index in [9.17, 15) is 0 Å². The van der Waals surface area contributed by atoms with Crippen LogP contribution >= 0.6 is 11.6 Å². The van der Waals surface area contributed by atoms with E-state index in [2.05, 4.69) is 30.9 Å². The van der Waals surface area contributed by atoms with E-state index in [1.54, 1.807) is 0 Å². The zero-order chi connectivity index (χ0) is 12.3. The number of nitrogens with zero attached hydrogens (tertiary/aromatic N) is 1. The van der Waals surface area contributed by atoms with Gasteiger partial charge in [-0.25, -0.2) is 0 Å². The summed E-state index contributed by atoms with van der Waals surface area (Å²) < 4.78 is 0. The van der Waals surface area contributed by atoms with Crippen LogP contribution in [0.5, 0.6) is 0 Å². The van der Waals surface area contributed by atoms with Crippen molar-refractivity contribution in [3.05, 3.63) is 29.3 Å². The summed E-state index contributed by atoms with van der Waals surface area (Å²) >= 11 is 6.03. The first kappa shape index (κ1) is 12.8. The summed E-state index contributed by atoms with van der Waals surface area (Å²) in [6, 6.07) is 8.22. The molecule has 0 spiro atoms. The fraction of sp³-hybridized carbons (Fsp3) is 0.600. The molecule has 0 radical (unpaired) electrons. The van der Waals surface area contributed by atoms with Crippen molar-refractivity contribution in [2.45, 2.75) is 33.1 Å². The Morgan fingerprint density at radius 3 is 2.59 bits per heavy atom. The fourth-order valence-corrected chi connectivity index (χ4v) is 2.95. The minimum Gasteiger partial charge on any atom is -0.371 e. The Bertz CT molecular complexity index is 354. The molecule has 1 aliphatic rings. The van der Waals surface area contributed by atoms with Crippen molar-refractivity contribution >= 4 is 17.3 Å². The van der Waals surface area contributed by atoms with E-state index in [0.29, 0.717) is 0 Å². The third kappa shape index (κ3) is 3.64. The number of benzene rings is 1. The van der Waals surface area contributed by atoms with Crippen LogP contribution in [0.4, 0.5) is 5.69 Å². The summed E-state index contributed by atoms with van der Waals surface area (Å²) in [4.78, 5) is 2.46. The van der Waals surface area contributed by atoms with E-state index in [4.69, 9.17) is 11.6 Å².